The molecule has 0 aliphatic carbocycles. The third-order valence-electron chi connectivity index (χ3n) is 3.26. The number of hydrogen-bond donors (Lipinski definition) is 2. The monoisotopic (exact) mass is 305 g/mol. The molecule has 1 aromatic heterocycles. The van der Waals surface area contributed by atoms with E-state index in [1.54, 1.807) is 45.0 Å². The van der Waals surface area contributed by atoms with E-state index < -0.39 is 11.4 Å². The first-order valence-corrected chi connectivity index (χ1v) is 7.04. The molecule has 0 atom stereocenters. The molecule has 110 valence electrons. The van der Waals surface area contributed by atoms with E-state index in [4.69, 9.17) is 0 Å². The summed E-state index contributed by atoms with van der Waals surface area (Å²) in [5.41, 5.74) is 0.878. The number of carboxylic acid groups (broad SMARTS) is 1. The summed E-state index contributed by atoms with van der Waals surface area (Å²) in [4.78, 5) is 23.7. The van der Waals surface area contributed by atoms with Crippen molar-refractivity contribution < 1.29 is 14.7 Å². The second-order valence-corrected chi connectivity index (χ2v) is 5.90. The number of aromatic nitrogens is 2. The van der Waals surface area contributed by atoms with Gasteiger partial charge in [-0.3, -0.25) is 9.59 Å². The van der Waals surface area contributed by atoms with E-state index in [0.717, 1.165) is 11.5 Å². The second-order valence-electron chi connectivity index (χ2n) is 5.15. The minimum atomic E-state index is -0.972. The first-order chi connectivity index (χ1) is 9.82. The fourth-order valence-corrected chi connectivity index (χ4v) is 2.27. The van der Waals surface area contributed by atoms with E-state index in [0.29, 0.717) is 21.8 Å². The van der Waals surface area contributed by atoms with Crippen LogP contribution in [0.2, 0.25) is 0 Å². The van der Waals surface area contributed by atoms with Crippen molar-refractivity contribution in [3.8, 4) is 0 Å². The minimum absolute atomic E-state index is 0.271. The Morgan fingerprint density at radius 3 is 2.33 bits per heavy atom. The normalized spacial score (nSPS) is 11.2. The van der Waals surface area contributed by atoms with Gasteiger partial charge < -0.3 is 10.4 Å². The maximum absolute atomic E-state index is 12.0. The first-order valence-electron chi connectivity index (χ1n) is 6.26. The Balaban J connectivity index is 2.15. The largest absolute Gasteiger partial charge is 0.481 e. The zero-order valence-corrected chi connectivity index (χ0v) is 12.7. The second kappa shape index (κ2) is 5.61. The van der Waals surface area contributed by atoms with E-state index >= 15 is 0 Å². The van der Waals surface area contributed by atoms with Crippen LogP contribution < -0.4 is 5.32 Å². The molecule has 0 radical (unpaired) electrons. The first kappa shape index (κ1) is 15.1. The van der Waals surface area contributed by atoms with Gasteiger partial charge in [0.25, 0.3) is 5.91 Å². The molecule has 1 heterocycles. The molecule has 2 rings (SSSR count). The topological polar surface area (TPSA) is 92.2 Å². The molecule has 0 unspecified atom stereocenters. The van der Waals surface area contributed by atoms with Crippen LogP contribution in [0.5, 0.6) is 0 Å². The van der Waals surface area contributed by atoms with Crippen LogP contribution in [-0.2, 0) is 10.2 Å². The summed E-state index contributed by atoms with van der Waals surface area (Å²) in [6.45, 7) is 4.99. The van der Waals surface area contributed by atoms with Crippen LogP contribution >= 0.6 is 11.5 Å². The number of aliphatic carboxylic acids is 1. The van der Waals surface area contributed by atoms with Crippen molar-refractivity contribution in [1.82, 2.24) is 9.59 Å². The fourth-order valence-electron chi connectivity index (χ4n) is 1.72. The number of anilines is 1. The molecule has 2 aromatic rings. The predicted molar refractivity (Wildman–Crippen MR) is 79.7 cm³/mol. The van der Waals surface area contributed by atoms with Gasteiger partial charge in [0.1, 0.15) is 4.88 Å². The number of amides is 1. The Hall–Kier alpha value is -2.28. The van der Waals surface area contributed by atoms with Crippen molar-refractivity contribution in [2.45, 2.75) is 26.2 Å². The fraction of sp³-hybridized carbons (Fsp3) is 0.286. The van der Waals surface area contributed by atoms with Crippen LogP contribution in [0, 0.1) is 6.92 Å². The Morgan fingerprint density at radius 2 is 1.86 bits per heavy atom. The van der Waals surface area contributed by atoms with Gasteiger partial charge in [0.15, 0.2) is 0 Å². The zero-order valence-electron chi connectivity index (χ0n) is 11.9. The van der Waals surface area contributed by atoms with Gasteiger partial charge in [0.05, 0.1) is 11.1 Å². The molecule has 21 heavy (non-hydrogen) atoms. The number of benzene rings is 1. The molecule has 7 heteroatoms. The summed E-state index contributed by atoms with van der Waals surface area (Å²) in [6, 6.07) is 6.76. The summed E-state index contributed by atoms with van der Waals surface area (Å²) in [5.74, 6) is -1.17. The predicted octanol–water partition coefficient (Wildman–Crippen LogP) is 2.46. The lowest BCUT2D eigenvalue weighted by atomic mass is 9.85. The van der Waals surface area contributed by atoms with Crippen LogP contribution in [-0.4, -0.2) is 26.6 Å². The summed E-state index contributed by atoms with van der Waals surface area (Å²) in [5, 5.41) is 15.7. The average Bonchev–Trinajstić information content (AvgIpc) is 2.85. The molecule has 0 saturated heterocycles. The highest BCUT2D eigenvalue weighted by molar-refractivity contribution is 7.08. The smallest absolute Gasteiger partial charge is 0.313 e. The standard InChI is InChI=1S/C14H15N3O3S/c1-8-11(21-17-16-8)12(18)15-10-6-4-9(5-7-10)14(2,3)13(19)20/h4-7H,1-3H3,(H,15,18)(H,19,20). The number of carboxylic acids is 1. The minimum Gasteiger partial charge on any atom is -0.481 e. The molecule has 0 aliphatic heterocycles. The highest BCUT2D eigenvalue weighted by Gasteiger charge is 2.29. The third-order valence-corrected chi connectivity index (χ3v) is 4.08. The van der Waals surface area contributed by atoms with E-state index in [1.165, 1.54) is 0 Å². The summed E-state index contributed by atoms with van der Waals surface area (Å²) < 4.78 is 3.72. The van der Waals surface area contributed by atoms with Crippen molar-refractivity contribution in [2.75, 3.05) is 5.32 Å². The SMILES string of the molecule is Cc1nnsc1C(=O)Nc1ccc(C(C)(C)C(=O)O)cc1. The molecule has 0 spiro atoms. The maximum atomic E-state index is 12.0. The molecule has 1 aromatic carbocycles. The zero-order chi connectivity index (χ0) is 15.6. The van der Waals surface area contributed by atoms with Crippen molar-refractivity contribution in [3.63, 3.8) is 0 Å². The van der Waals surface area contributed by atoms with Gasteiger partial charge in [0, 0.05) is 5.69 Å². The Morgan fingerprint density at radius 1 is 1.24 bits per heavy atom. The van der Waals surface area contributed by atoms with Gasteiger partial charge in [-0.2, -0.15) is 0 Å². The molecule has 1 amide bonds. The number of rotatable bonds is 4. The number of carbonyl (C=O) groups excluding carboxylic acids is 1. The van der Waals surface area contributed by atoms with Crippen molar-refractivity contribution in [2.24, 2.45) is 0 Å². The van der Waals surface area contributed by atoms with E-state index in [2.05, 4.69) is 14.9 Å². The van der Waals surface area contributed by atoms with Crippen molar-refractivity contribution >= 4 is 29.1 Å². The van der Waals surface area contributed by atoms with Gasteiger partial charge in [0.2, 0.25) is 0 Å². The Labute approximate surface area is 126 Å². The summed E-state index contributed by atoms with van der Waals surface area (Å²) in [7, 11) is 0. The van der Waals surface area contributed by atoms with Crippen molar-refractivity contribution in [1.29, 1.82) is 0 Å². The average molecular weight is 305 g/mol. The molecular weight excluding hydrogens is 290 g/mol. The van der Waals surface area contributed by atoms with Gasteiger partial charge >= 0.3 is 5.97 Å². The number of nitrogens with zero attached hydrogens (tertiary/aromatic N) is 2. The molecular formula is C14H15N3O3S. The molecule has 0 aliphatic rings. The summed E-state index contributed by atoms with van der Waals surface area (Å²) >= 11 is 1.04. The highest BCUT2D eigenvalue weighted by atomic mass is 32.1. The number of nitrogens with one attached hydrogen (secondary N) is 1. The van der Waals surface area contributed by atoms with E-state index in [9.17, 15) is 14.7 Å². The van der Waals surface area contributed by atoms with Crippen LogP contribution in [0.15, 0.2) is 24.3 Å². The number of aryl methyl sites for hydroxylation is 1. The Kier molecular flexibility index (Phi) is 4.04. The third kappa shape index (κ3) is 3.08. The van der Waals surface area contributed by atoms with E-state index in [1.807, 2.05) is 0 Å². The Bertz CT molecular complexity index is 677. The summed E-state index contributed by atoms with van der Waals surface area (Å²) in [6.07, 6.45) is 0. The van der Waals surface area contributed by atoms with E-state index in [-0.39, 0.29) is 5.91 Å². The molecule has 6 nitrogen and oxygen atoms in total. The lowest BCUT2D eigenvalue weighted by molar-refractivity contribution is -0.142. The van der Waals surface area contributed by atoms with Crippen LogP contribution in [0.3, 0.4) is 0 Å². The lowest BCUT2D eigenvalue weighted by Gasteiger charge is -2.19. The molecule has 2 N–H and O–H groups in total. The lowest BCUT2D eigenvalue weighted by Crippen LogP contribution is -2.28. The van der Waals surface area contributed by atoms with Crippen LogP contribution in [0.1, 0.15) is 34.8 Å². The van der Waals surface area contributed by atoms with Gasteiger partial charge in [-0.25, -0.2) is 0 Å². The highest BCUT2D eigenvalue weighted by Crippen LogP contribution is 2.25. The molecule has 0 bridgehead atoms. The van der Waals surface area contributed by atoms with Crippen LogP contribution in [0.25, 0.3) is 0 Å². The van der Waals surface area contributed by atoms with Gasteiger partial charge in [-0.15, -0.1) is 5.10 Å². The number of hydrogen-bond acceptors (Lipinski definition) is 5. The van der Waals surface area contributed by atoms with Crippen LogP contribution in [0.4, 0.5) is 5.69 Å². The van der Waals surface area contributed by atoms with Gasteiger partial charge in [-0.05, 0) is 50.0 Å². The van der Waals surface area contributed by atoms with Crippen molar-refractivity contribution in [3.05, 3.63) is 40.4 Å². The molecule has 0 saturated carbocycles. The molecule has 0 fully saturated rings. The maximum Gasteiger partial charge on any atom is 0.313 e. The quantitative estimate of drug-likeness (QED) is 0.905. The number of carbonyl (C=O) groups is 2. The van der Waals surface area contributed by atoms with Gasteiger partial charge in [-0.1, -0.05) is 16.6 Å².